The summed E-state index contributed by atoms with van der Waals surface area (Å²) in [5, 5.41) is 12.2. The standard InChI is InChI=1S/C13H18N2O2S/c1-18(16,17)9-5-8-15-11-13(10-14)12-6-3-2-4-7-12/h2-4,6-7,13,15H,5,8-9,11H2,1H3. The van der Waals surface area contributed by atoms with Crippen LogP contribution in [0.5, 0.6) is 0 Å². The van der Waals surface area contributed by atoms with Crippen LogP contribution in [-0.4, -0.2) is 33.5 Å². The number of nitrogens with zero attached hydrogens (tertiary/aromatic N) is 1. The Labute approximate surface area is 109 Å². The molecule has 0 heterocycles. The number of nitrogens with one attached hydrogen (secondary N) is 1. The molecular formula is C13H18N2O2S. The average Bonchev–Trinajstić information content (AvgIpc) is 2.33. The van der Waals surface area contributed by atoms with Crippen LogP contribution in [-0.2, 0) is 9.84 Å². The topological polar surface area (TPSA) is 70.0 Å². The average molecular weight is 266 g/mol. The summed E-state index contributed by atoms with van der Waals surface area (Å²) in [5.41, 5.74) is 0.982. The molecular weight excluding hydrogens is 248 g/mol. The molecule has 0 fully saturated rings. The van der Waals surface area contributed by atoms with Crippen LogP contribution in [0, 0.1) is 11.3 Å². The molecule has 4 nitrogen and oxygen atoms in total. The molecule has 0 aliphatic rings. The molecule has 1 atom stereocenters. The fourth-order valence-corrected chi connectivity index (χ4v) is 2.30. The van der Waals surface area contributed by atoms with Crippen molar-refractivity contribution >= 4 is 9.84 Å². The Balaban J connectivity index is 2.32. The normalized spacial score (nSPS) is 12.9. The van der Waals surface area contributed by atoms with Crippen molar-refractivity contribution in [2.24, 2.45) is 0 Å². The Morgan fingerprint density at radius 2 is 2.00 bits per heavy atom. The van der Waals surface area contributed by atoms with Crippen LogP contribution in [0.15, 0.2) is 30.3 Å². The quantitative estimate of drug-likeness (QED) is 0.756. The van der Waals surface area contributed by atoms with Gasteiger partial charge in [-0.25, -0.2) is 8.42 Å². The predicted octanol–water partition coefficient (Wildman–Crippen LogP) is 1.32. The van der Waals surface area contributed by atoms with Crippen molar-refractivity contribution in [3.05, 3.63) is 35.9 Å². The molecule has 1 aromatic rings. The van der Waals surface area contributed by atoms with Crippen molar-refractivity contribution < 1.29 is 8.42 Å². The first kappa shape index (κ1) is 14.7. The van der Waals surface area contributed by atoms with E-state index in [-0.39, 0.29) is 11.7 Å². The van der Waals surface area contributed by atoms with Crippen molar-refractivity contribution in [1.82, 2.24) is 5.32 Å². The van der Waals surface area contributed by atoms with Gasteiger partial charge in [0.25, 0.3) is 0 Å². The van der Waals surface area contributed by atoms with Gasteiger partial charge in [-0.1, -0.05) is 30.3 Å². The number of rotatable bonds is 7. The van der Waals surface area contributed by atoms with Gasteiger partial charge in [0.2, 0.25) is 0 Å². The van der Waals surface area contributed by atoms with Crippen LogP contribution in [0.3, 0.4) is 0 Å². The van der Waals surface area contributed by atoms with Crippen molar-refractivity contribution in [2.45, 2.75) is 12.3 Å². The van der Waals surface area contributed by atoms with E-state index in [0.29, 0.717) is 19.5 Å². The number of sulfone groups is 1. The highest BCUT2D eigenvalue weighted by molar-refractivity contribution is 7.90. The van der Waals surface area contributed by atoms with Crippen molar-refractivity contribution in [3.8, 4) is 6.07 Å². The van der Waals surface area contributed by atoms with Crippen LogP contribution in [0.1, 0.15) is 17.9 Å². The van der Waals surface area contributed by atoms with Crippen LogP contribution in [0.4, 0.5) is 0 Å². The van der Waals surface area contributed by atoms with Gasteiger partial charge >= 0.3 is 0 Å². The molecule has 0 saturated heterocycles. The third-order valence-corrected chi connectivity index (χ3v) is 3.61. The highest BCUT2D eigenvalue weighted by Gasteiger charge is 2.09. The molecule has 1 N–H and O–H groups in total. The van der Waals surface area contributed by atoms with E-state index in [9.17, 15) is 8.42 Å². The predicted molar refractivity (Wildman–Crippen MR) is 72.0 cm³/mol. The minimum atomic E-state index is -2.89. The highest BCUT2D eigenvalue weighted by Crippen LogP contribution is 2.12. The summed E-state index contributed by atoms with van der Waals surface area (Å²) in [4.78, 5) is 0. The minimum Gasteiger partial charge on any atom is -0.315 e. The van der Waals surface area contributed by atoms with E-state index in [0.717, 1.165) is 5.56 Å². The Morgan fingerprint density at radius 1 is 1.33 bits per heavy atom. The summed E-state index contributed by atoms with van der Waals surface area (Å²) in [7, 11) is -2.89. The van der Waals surface area contributed by atoms with E-state index in [2.05, 4.69) is 11.4 Å². The molecule has 0 saturated carbocycles. The summed E-state index contributed by atoms with van der Waals surface area (Å²) in [5.74, 6) is -0.00725. The second-order valence-corrected chi connectivity index (χ2v) is 6.54. The second-order valence-electron chi connectivity index (χ2n) is 4.28. The number of nitriles is 1. The van der Waals surface area contributed by atoms with Gasteiger partial charge < -0.3 is 5.32 Å². The molecule has 0 aromatic heterocycles. The van der Waals surface area contributed by atoms with E-state index >= 15 is 0 Å². The maximum absolute atomic E-state index is 10.9. The first-order chi connectivity index (χ1) is 8.53. The molecule has 0 amide bonds. The molecule has 0 aliphatic carbocycles. The van der Waals surface area contributed by atoms with Crippen LogP contribution < -0.4 is 5.32 Å². The van der Waals surface area contributed by atoms with Crippen molar-refractivity contribution in [2.75, 3.05) is 25.1 Å². The van der Waals surface area contributed by atoms with Gasteiger partial charge in [-0.15, -0.1) is 0 Å². The van der Waals surface area contributed by atoms with Gasteiger partial charge in [-0.3, -0.25) is 0 Å². The Hall–Kier alpha value is -1.38. The summed E-state index contributed by atoms with van der Waals surface area (Å²) in [6, 6.07) is 11.8. The Bertz CT molecular complexity index is 491. The minimum absolute atomic E-state index is 0.183. The molecule has 0 aliphatic heterocycles. The smallest absolute Gasteiger partial charge is 0.147 e. The lowest BCUT2D eigenvalue weighted by Gasteiger charge is -2.10. The van der Waals surface area contributed by atoms with Crippen molar-refractivity contribution in [3.63, 3.8) is 0 Å². The lowest BCUT2D eigenvalue weighted by molar-refractivity contribution is 0.592. The Morgan fingerprint density at radius 3 is 2.56 bits per heavy atom. The molecule has 0 bridgehead atoms. The van der Waals surface area contributed by atoms with Gasteiger partial charge in [0, 0.05) is 12.8 Å². The summed E-state index contributed by atoms with van der Waals surface area (Å²) in [6.07, 6.45) is 1.81. The largest absolute Gasteiger partial charge is 0.315 e. The molecule has 18 heavy (non-hydrogen) atoms. The zero-order chi connectivity index (χ0) is 13.4. The lowest BCUT2D eigenvalue weighted by atomic mass is 10.0. The second kappa shape index (κ2) is 7.14. The fraction of sp³-hybridized carbons (Fsp3) is 0.462. The molecule has 1 rings (SSSR count). The van der Waals surface area contributed by atoms with Gasteiger partial charge in [-0.05, 0) is 18.5 Å². The maximum atomic E-state index is 10.9. The third-order valence-electron chi connectivity index (χ3n) is 2.57. The van der Waals surface area contributed by atoms with E-state index in [4.69, 9.17) is 5.26 Å². The summed E-state index contributed by atoms with van der Waals surface area (Å²) >= 11 is 0. The molecule has 0 spiro atoms. The molecule has 1 aromatic carbocycles. The van der Waals surface area contributed by atoms with E-state index in [1.165, 1.54) is 6.26 Å². The van der Waals surface area contributed by atoms with Crippen molar-refractivity contribution in [1.29, 1.82) is 5.26 Å². The van der Waals surface area contributed by atoms with Gasteiger partial charge in [-0.2, -0.15) is 5.26 Å². The zero-order valence-corrected chi connectivity index (χ0v) is 11.3. The number of hydrogen-bond acceptors (Lipinski definition) is 4. The summed E-state index contributed by atoms with van der Waals surface area (Å²) in [6.45, 7) is 1.16. The highest BCUT2D eigenvalue weighted by atomic mass is 32.2. The van der Waals surface area contributed by atoms with Gasteiger partial charge in [0.05, 0.1) is 17.7 Å². The van der Waals surface area contributed by atoms with Gasteiger partial charge in [0.1, 0.15) is 9.84 Å². The van der Waals surface area contributed by atoms with E-state index in [1.807, 2.05) is 30.3 Å². The SMILES string of the molecule is CS(=O)(=O)CCCNCC(C#N)c1ccccc1. The first-order valence-corrected chi connectivity index (χ1v) is 7.92. The lowest BCUT2D eigenvalue weighted by Crippen LogP contribution is -2.23. The zero-order valence-electron chi connectivity index (χ0n) is 10.5. The number of benzene rings is 1. The molecule has 5 heteroatoms. The third kappa shape index (κ3) is 5.80. The van der Waals surface area contributed by atoms with E-state index in [1.54, 1.807) is 0 Å². The Kier molecular flexibility index (Phi) is 5.83. The molecule has 1 unspecified atom stereocenters. The molecule has 98 valence electrons. The monoisotopic (exact) mass is 266 g/mol. The fourth-order valence-electron chi connectivity index (χ4n) is 1.63. The van der Waals surface area contributed by atoms with Crippen LogP contribution >= 0.6 is 0 Å². The first-order valence-electron chi connectivity index (χ1n) is 5.86. The summed E-state index contributed by atoms with van der Waals surface area (Å²) < 4.78 is 21.9. The van der Waals surface area contributed by atoms with Gasteiger partial charge in [0.15, 0.2) is 0 Å². The van der Waals surface area contributed by atoms with E-state index < -0.39 is 9.84 Å². The molecule has 0 radical (unpaired) electrons. The number of hydrogen-bond donors (Lipinski definition) is 1. The maximum Gasteiger partial charge on any atom is 0.147 e. The van der Waals surface area contributed by atoms with Crippen LogP contribution in [0.25, 0.3) is 0 Å². The van der Waals surface area contributed by atoms with Crippen LogP contribution in [0.2, 0.25) is 0 Å².